The van der Waals surface area contributed by atoms with Crippen molar-refractivity contribution in [3.05, 3.63) is 0 Å². The van der Waals surface area contributed by atoms with Crippen LogP contribution in [0.15, 0.2) is 0 Å². The average molecular weight is 443 g/mol. The molecule has 0 saturated heterocycles. The van der Waals surface area contributed by atoms with E-state index in [1.54, 1.807) is 0 Å². The van der Waals surface area contributed by atoms with E-state index in [-0.39, 0.29) is 36.3 Å². The zero-order chi connectivity index (χ0) is 21.3. The van der Waals surface area contributed by atoms with Crippen molar-refractivity contribution in [3.63, 3.8) is 0 Å². The minimum absolute atomic E-state index is 0. The molecule has 0 aromatic rings. The number of carboxylic acid groups (broad SMARTS) is 3. The van der Waals surface area contributed by atoms with Gasteiger partial charge in [0.25, 0.3) is 0 Å². The summed E-state index contributed by atoms with van der Waals surface area (Å²) in [5, 5.41) is 29.6. The number of carbonyl (C=O) groups excluding carboxylic acids is 3. The van der Waals surface area contributed by atoms with Crippen molar-refractivity contribution in [2.45, 2.75) is 117 Å². The molecule has 0 heterocycles. The third kappa shape index (κ3) is 49.8. The summed E-state index contributed by atoms with van der Waals surface area (Å²) in [6.07, 6.45) is 12.9. The van der Waals surface area contributed by atoms with Crippen LogP contribution in [0, 0.1) is 0 Å². The molecule has 0 atom stereocenters. The quantitative estimate of drug-likeness (QED) is 0.282. The van der Waals surface area contributed by atoms with Gasteiger partial charge < -0.3 is 29.7 Å². The largest absolute Gasteiger partial charge is 3.00 e. The summed E-state index contributed by atoms with van der Waals surface area (Å²) in [6.45, 7) is 6.29. The van der Waals surface area contributed by atoms with Gasteiger partial charge in [-0.3, -0.25) is 0 Å². The van der Waals surface area contributed by atoms with E-state index in [4.69, 9.17) is 0 Å². The Hall–Kier alpha value is -1.07. The van der Waals surface area contributed by atoms with E-state index in [2.05, 4.69) is 20.8 Å². The normalized spacial score (nSPS) is 9.11. The van der Waals surface area contributed by atoms with Crippen molar-refractivity contribution in [2.75, 3.05) is 0 Å². The molecule has 0 bridgehead atoms. The first-order valence-electron chi connectivity index (χ1n) is 10.4. The molecule has 0 amide bonds. The van der Waals surface area contributed by atoms with Gasteiger partial charge in [-0.2, -0.15) is 0 Å². The first kappa shape index (κ1) is 34.4. The van der Waals surface area contributed by atoms with E-state index < -0.39 is 17.9 Å². The molecular formula is C21H39FeO6. The van der Waals surface area contributed by atoms with Crippen molar-refractivity contribution in [3.8, 4) is 0 Å². The van der Waals surface area contributed by atoms with Gasteiger partial charge in [0.05, 0.1) is 0 Å². The second-order valence-corrected chi connectivity index (χ2v) is 6.55. The van der Waals surface area contributed by atoms with Crippen LogP contribution in [-0.2, 0) is 31.5 Å². The second kappa shape index (κ2) is 30.7. The average Bonchev–Trinajstić information content (AvgIpc) is 2.60. The molecule has 6 nitrogen and oxygen atoms in total. The molecule has 0 spiro atoms. The predicted molar refractivity (Wildman–Crippen MR) is 101 cm³/mol. The van der Waals surface area contributed by atoms with Crippen molar-refractivity contribution >= 4 is 17.9 Å². The maximum absolute atomic E-state index is 9.85. The second-order valence-electron chi connectivity index (χ2n) is 6.55. The summed E-state index contributed by atoms with van der Waals surface area (Å²) in [4.78, 5) is 29.6. The van der Waals surface area contributed by atoms with Gasteiger partial charge in [-0.15, -0.1) is 0 Å². The fourth-order valence-electron chi connectivity index (χ4n) is 2.09. The number of rotatable bonds is 15. The summed E-state index contributed by atoms with van der Waals surface area (Å²) < 4.78 is 0. The first-order chi connectivity index (χ1) is 12.8. The van der Waals surface area contributed by atoms with Gasteiger partial charge in [0.1, 0.15) is 0 Å². The first-order valence-corrected chi connectivity index (χ1v) is 10.4. The Labute approximate surface area is 182 Å². The van der Waals surface area contributed by atoms with Gasteiger partial charge >= 0.3 is 17.1 Å². The SMILES string of the molecule is CCCCCCC(=O)[O-].CCCCCCC(=O)[O-].CCCCCCC(=O)[O-].[Fe+3]. The van der Waals surface area contributed by atoms with Gasteiger partial charge in [-0.1, -0.05) is 78.6 Å². The molecule has 0 aliphatic carbocycles. The summed E-state index contributed by atoms with van der Waals surface area (Å²) in [5.41, 5.74) is 0. The minimum Gasteiger partial charge on any atom is -0.550 e. The molecule has 0 unspecified atom stereocenters. The predicted octanol–water partition coefficient (Wildman–Crippen LogP) is 2.12. The molecule has 0 saturated carbocycles. The van der Waals surface area contributed by atoms with E-state index in [9.17, 15) is 29.7 Å². The van der Waals surface area contributed by atoms with E-state index in [0.29, 0.717) is 0 Å². The number of hydrogen-bond donors (Lipinski definition) is 0. The van der Waals surface area contributed by atoms with Crippen LogP contribution in [0.25, 0.3) is 0 Å². The number of carbonyl (C=O) groups is 3. The Morgan fingerprint density at radius 1 is 0.464 bits per heavy atom. The van der Waals surface area contributed by atoms with Crippen LogP contribution < -0.4 is 15.3 Å². The maximum Gasteiger partial charge on any atom is 3.00 e. The molecule has 1 radical (unpaired) electrons. The Balaban J connectivity index is -0.000000152. The molecule has 7 heteroatoms. The molecule has 167 valence electrons. The maximum atomic E-state index is 9.85. The number of hydrogen-bond acceptors (Lipinski definition) is 6. The zero-order valence-electron chi connectivity index (χ0n) is 17.9. The number of unbranched alkanes of at least 4 members (excludes halogenated alkanes) is 9. The fourth-order valence-corrected chi connectivity index (χ4v) is 2.09. The standard InChI is InChI=1S/3C7H14O2.Fe/c3*1-2-3-4-5-6-7(8)9;/h3*2-6H2,1H3,(H,8,9);/q;;;+3/p-3. The van der Waals surface area contributed by atoms with Crippen LogP contribution in [0.5, 0.6) is 0 Å². The van der Waals surface area contributed by atoms with E-state index in [1.165, 1.54) is 0 Å². The Morgan fingerprint density at radius 3 is 0.821 bits per heavy atom. The van der Waals surface area contributed by atoms with Crippen molar-refractivity contribution < 1.29 is 46.8 Å². The summed E-state index contributed by atoms with van der Waals surface area (Å²) >= 11 is 0. The van der Waals surface area contributed by atoms with Crippen molar-refractivity contribution in [1.82, 2.24) is 0 Å². The number of carboxylic acids is 3. The molecule has 28 heavy (non-hydrogen) atoms. The third-order valence-corrected chi connectivity index (χ3v) is 3.70. The molecule has 0 fully saturated rings. The van der Waals surface area contributed by atoms with Crippen LogP contribution in [0.2, 0.25) is 0 Å². The molecule has 0 N–H and O–H groups in total. The van der Waals surface area contributed by atoms with Crippen LogP contribution in [0.4, 0.5) is 0 Å². The van der Waals surface area contributed by atoms with E-state index in [0.717, 1.165) is 77.0 Å². The molecule has 0 aromatic heterocycles. The third-order valence-electron chi connectivity index (χ3n) is 3.70. The van der Waals surface area contributed by atoms with Gasteiger partial charge in [-0.25, -0.2) is 0 Å². The van der Waals surface area contributed by atoms with E-state index in [1.807, 2.05) is 0 Å². The monoisotopic (exact) mass is 443 g/mol. The van der Waals surface area contributed by atoms with E-state index >= 15 is 0 Å². The van der Waals surface area contributed by atoms with Gasteiger partial charge in [-0.05, 0) is 38.5 Å². The Bertz CT molecular complexity index is 295. The summed E-state index contributed by atoms with van der Waals surface area (Å²) in [5.74, 6) is -2.77. The van der Waals surface area contributed by atoms with Crippen LogP contribution in [-0.4, -0.2) is 17.9 Å². The summed E-state index contributed by atoms with van der Waals surface area (Å²) in [6, 6.07) is 0. The van der Waals surface area contributed by atoms with Crippen LogP contribution >= 0.6 is 0 Å². The molecule has 0 rings (SSSR count). The molecule has 0 aliphatic heterocycles. The Morgan fingerprint density at radius 2 is 0.679 bits per heavy atom. The van der Waals surface area contributed by atoms with Gasteiger partial charge in [0, 0.05) is 17.9 Å². The van der Waals surface area contributed by atoms with Gasteiger partial charge in [0.2, 0.25) is 0 Å². The smallest absolute Gasteiger partial charge is 0.550 e. The van der Waals surface area contributed by atoms with Crippen molar-refractivity contribution in [1.29, 1.82) is 0 Å². The van der Waals surface area contributed by atoms with Gasteiger partial charge in [0.15, 0.2) is 0 Å². The molecule has 0 aliphatic rings. The fraction of sp³-hybridized carbons (Fsp3) is 0.857. The van der Waals surface area contributed by atoms with Crippen LogP contribution in [0.3, 0.4) is 0 Å². The van der Waals surface area contributed by atoms with Crippen LogP contribution in [0.1, 0.15) is 117 Å². The topological polar surface area (TPSA) is 120 Å². The minimum atomic E-state index is -0.925. The Kier molecular flexibility index (Phi) is 37.7. The summed E-state index contributed by atoms with van der Waals surface area (Å²) in [7, 11) is 0. The number of aliphatic carboxylic acids is 3. The van der Waals surface area contributed by atoms with Crippen molar-refractivity contribution in [2.24, 2.45) is 0 Å². The molecule has 0 aromatic carbocycles. The zero-order valence-corrected chi connectivity index (χ0v) is 19.0. The molecular weight excluding hydrogens is 404 g/mol.